The fourth-order valence-corrected chi connectivity index (χ4v) is 3.56. The second-order valence-corrected chi connectivity index (χ2v) is 7.62. The first kappa shape index (κ1) is 19.8. The van der Waals surface area contributed by atoms with E-state index in [-0.39, 0.29) is 17.1 Å². The highest BCUT2D eigenvalue weighted by atomic mass is 32.2. The molecular weight excluding hydrogens is 336 g/mol. The minimum Gasteiger partial charge on any atom is -0.355 e. The maximum Gasteiger partial charge on any atom is 0.233 e. The van der Waals surface area contributed by atoms with E-state index in [4.69, 9.17) is 0 Å². The Hall–Kier alpha value is -1.57. The SMILES string of the molecule is CC(=O)Nc1ccc(SC(C)C(=O)NCCCN2CCNCC2)cc1. The summed E-state index contributed by atoms with van der Waals surface area (Å²) in [6, 6.07) is 7.54. The van der Waals surface area contributed by atoms with E-state index in [9.17, 15) is 9.59 Å². The molecule has 0 aliphatic carbocycles. The molecule has 1 aliphatic rings. The number of anilines is 1. The lowest BCUT2D eigenvalue weighted by Gasteiger charge is -2.27. The molecule has 0 spiro atoms. The highest BCUT2D eigenvalue weighted by Gasteiger charge is 2.14. The Morgan fingerprint density at radius 2 is 1.92 bits per heavy atom. The van der Waals surface area contributed by atoms with Gasteiger partial charge in [0.05, 0.1) is 5.25 Å². The van der Waals surface area contributed by atoms with Gasteiger partial charge in [-0.3, -0.25) is 9.59 Å². The smallest absolute Gasteiger partial charge is 0.233 e. The average molecular weight is 365 g/mol. The predicted molar refractivity (Wildman–Crippen MR) is 103 cm³/mol. The third-order valence-corrected chi connectivity index (χ3v) is 5.13. The quantitative estimate of drug-likeness (QED) is 0.482. The van der Waals surface area contributed by atoms with Crippen molar-refractivity contribution in [3.63, 3.8) is 0 Å². The van der Waals surface area contributed by atoms with Crippen LogP contribution in [0.4, 0.5) is 5.69 Å². The number of carbonyl (C=O) groups excluding carboxylic acids is 2. The summed E-state index contributed by atoms with van der Waals surface area (Å²) in [6.07, 6.45) is 0.981. The zero-order chi connectivity index (χ0) is 18.1. The molecule has 0 bridgehead atoms. The Bertz CT molecular complexity index is 559. The highest BCUT2D eigenvalue weighted by molar-refractivity contribution is 8.00. The number of rotatable bonds is 8. The molecule has 0 radical (unpaired) electrons. The molecular formula is C18H28N4O2S. The molecule has 1 aromatic rings. The number of nitrogens with one attached hydrogen (secondary N) is 3. The van der Waals surface area contributed by atoms with E-state index in [2.05, 4.69) is 20.9 Å². The van der Waals surface area contributed by atoms with Gasteiger partial charge in [-0.05, 0) is 44.2 Å². The fraction of sp³-hybridized carbons (Fsp3) is 0.556. The zero-order valence-electron chi connectivity index (χ0n) is 15.0. The first-order valence-electron chi connectivity index (χ1n) is 8.79. The Labute approximate surface area is 154 Å². The lowest BCUT2D eigenvalue weighted by atomic mass is 10.3. The van der Waals surface area contributed by atoms with Crippen LogP contribution in [0.2, 0.25) is 0 Å². The number of hydrogen-bond donors (Lipinski definition) is 3. The summed E-state index contributed by atoms with van der Waals surface area (Å²) in [6.45, 7) is 9.45. The molecule has 138 valence electrons. The van der Waals surface area contributed by atoms with Crippen LogP contribution in [0.25, 0.3) is 0 Å². The Morgan fingerprint density at radius 3 is 2.56 bits per heavy atom. The molecule has 25 heavy (non-hydrogen) atoms. The molecule has 1 unspecified atom stereocenters. The molecule has 0 saturated carbocycles. The van der Waals surface area contributed by atoms with Gasteiger partial charge in [0.15, 0.2) is 0 Å². The molecule has 1 aromatic carbocycles. The number of benzene rings is 1. The highest BCUT2D eigenvalue weighted by Crippen LogP contribution is 2.24. The van der Waals surface area contributed by atoms with Crippen LogP contribution in [-0.4, -0.2) is 61.2 Å². The first-order chi connectivity index (χ1) is 12.0. The van der Waals surface area contributed by atoms with Crippen molar-refractivity contribution < 1.29 is 9.59 Å². The van der Waals surface area contributed by atoms with Gasteiger partial charge in [0.2, 0.25) is 11.8 Å². The van der Waals surface area contributed by atoms with Crippen LogP contribution in [0.5, 0.6) is 0 Å². The average Bonchev–Trinajstić information content (AvgIpc) is 2.60. The zero-order valence-corrected chi connectivity index (χ0v) is 15.8. The molecule has 1 fully saturated rings. The summed E-state index contributed by atoms with van der Waals surface area (Å²) in [4.78, 5) is 26.7. The third kappa shape index (κ3) is 7.46. The maximum absolute atomic E-state index is 12.2. The van der Waals surface area contributed by atoms with Crippen molar-refractivity contribution >= 4 is 29.3 Å². The van der Waals surface area contributed by atoms with Crippen molar-refractivity contribution in [2.45, 2.75) is 30.4 Å². The van der Waals surface area contributed by atoms with Gasteiger partial charge in [0.25, 0.3) is 0 Å². The van der Waals surface area contributed by atoms with E-state index in [1.807, 2.05) is 31.2 Å². The molecule has 0 aromatic heterocycles. The van der Waals surface area contributed by atoms with Gasteiger partial charge in [0, 0.05) is 50.2 Å². The number of carbonyl (C=O) groups is 2. The first-order valence-corrected chi connectivity index (χ1v) is 9.67. The summed E-state index contributed by atoms with van der Waals surface area (Å²) < 4.78 is 0. The number of hydrogen-bond acceptors (Lipinski definition) is 5. The van der Waals surface area contributed by atoms with E-state index in [1.54, 1.807) is 0 Å². The lowest BCUT2D eigenvalue weighted by Crippen LogP contribution is -2.44. The van der Waals surface area contributed by atoms with Crippen LogP contribution < -0.4 is 16.0 Å². The topological polar surface area (TPSA) is 73.5 Å². The van der Waals surface area contributed by atoms with Gasteiger partial charge in [-0.1, -0.05) is 0 Å². The van der Waals surface area contributed by atoms with Crippen molar-refractivity contribution in [1.82, 2.24) is 15.5 Å². The lowest BCUT2D eigenvalue weighted by molar-refractivity contribution is -0.120. The Balaban J connectivity index is 1.66. The molecule has 1 saturated heterocycles. The molecule has 2 amide bonds. The summed E-state index contributed by atoms with van der Waals surface area (Å²) in [5, 5.41) is 8.95. The monoisotopic (exact) mass is 364 g/mol. The summed E-state index contributed by atoms with van der Waals surface area (Å²) in [5.41, 5.74) is 0.766. The van der Waals surface area contributed by atoms with Crippen LogP contribution in [0.3, 0.4) is 0 Å². The molecule has 3 N–H and O–H groups in total. The van der Waals surface area contributed by atoms with Crippen LogP contribution in [-0.2, 0) is 9.59 Å². The summed E-state index contributed by atoms with van der Waals surface area (Å²) >= 11 is 1.52. The minimum atomic E-state index is -0.147. The largest absolute Gasteiger partial charge is 0.355 e. The van der Waals surface area contributed by atoms with Crippen LogP contribution >= 0.6 is 11.8 Å². The second kappa shape index (κ2) is 10.4. The Morgan fingerprint density at radius 1 is 1.24 bits per heavy atom. The van der Waals surface area contributed by atoms with Gasteiger partial charge in [-0.2, -0.15) is 0 Å². The van der Waals surface area contributed by atoms with Gasteiger partial charge < -0.3 is 20.9 Å². The second-order valence-electron chi connectivity index (χ2n) is 6.20. The van der Waals surface area contributed by atoms with Crippen molar-refractivity contribution in [1.29, 1.82) is 0 Å². The molecule has 6 nitrogen and oxygen atoms in total. The number of thioether (sulfide) groups is 1. The van der Waals surface area contributed by atoms with Gasteiger partial charge in [0.1, 0.15) is 0 Å². The standard InChI is InChI=1S/C18H28N4O2S/c1-14(25-17-6-4-16(5-7-17)21-15(2)23)18(24)20-8-3-11-22-12-9-19-10-13-22/h4-7,14,19H,3,8-13H2,1-2H3,(H,20,24)(H,21,23). The Kier molecular flexibility index (Phi) is 8.24. The minimum absolute atomic E-state index is 0.0660. The molecule has 2 rings (SSSR count). The molecule has 1 atom stereocenters. The fourth-order valence-electron chi connectivity index (χ4n) is 2.67. The third-order valence-electron chi connectivity index (χ3n) is 4.02. The molecule has 1 aliphatic heterocycles. The van der Waals surface area contributed by atoms with Crippen LogP contribution in [0.15, 0.2) is 29.2 Å². The van der Waals surface area contributed by atoms with Crippen molar-refractivity contribution in [3.8, 4) is 0 Å². The van der Waals surface area contributed by atoms with Crippen molar-refractivity contribution in [2.24, 2.45) is 0 Å². The molecule has 7 heteroatoms. The van der Waals surface area contributed by atoms with Gasteiger partial charge in [-0.15, -0.1) is 11.8 Å². The maximum atomic E-state index is 12.2. The van der Waals surface area contributed by atoms with Crippen molar-refractivity contribution in [3.05, 3.63) is 24.3 Å². The van der Waals surface area contributed by atoms with Gasteiger partial charge >= 0.3 is 0 Å². The number of piperazine rings is 1. The van der Waals surface area contributed by atoms with E-state index in [0.717, 1.165) is 56.3 Å². The predicted octanol–water partition coefficient (Wildman–Crippen LogP) is 1.54. The van der Waals surface area contributed by atoms with Crippen LogP contribution in [0.1, 0.15) is 20.3 Å². The molecule has 1 heterocycles. The van der Waals surface area contributed by atoms with E-state index in [0.29, 0.717) is 0 Å². The van der Waals surface area contributed by atoms with E-state index < -0.39 is 0 Å². The summed E-state index contributed by atoms with van der Waals surface area (Å²) in [7, 11) is 0. The summed E-state index contributed by atoms with van der Waals surface area (Å²) in [5.74, 6) is -0.0230. The number of amides is 2. The van der Waals surface area contributed by atoms with Crippen molar-refractivity contribution in [2.75, 3.05) is 44.6 Å². The van der Waals surface area contributed by atoms with Crippen LogP contribution in [0, 0.1) is 0 Å². The van der Waals surface area contributed by atoms with E-state index in [1.165, 1.54) is 18.7 Å². The normalized spacial score (nSPS) is 16.2. The van der Waals surface area contributed by atoms with E-state index >= 15 is 0 Å². The van der Waals surface area contributed by atoms with Gasteiger partial charge in [-0.25, -0.2) is 0 Å². The number of nitrogens with zero attached hydrogens (tertiary/aromatic N) is 1.